The summed E-state index contributed by atoms with van der Waals surface area (Å²) < 4.78 is 0. The van der Waals surface area contributed by atoms with E-state index in [1.807, 2.05) is 0 Å². The van der Waals surface area contributed by atoms with Crippen LogP contribution < -0.4 is 0 Å². The zero-order valence-corrected chi connectivity index (χ0v) is 9.93. The minimum atomic E-state index is 0.327. The summed E-state index contributed by atoms with van der Waals surface area (Å²) in [7, 11) is 0. The standard InChI is InChI=1S/C12H17NOS/c1-2-5-12(14)13-8-3-6-10(13)11-7-4-9-15-11/h4,7,9-10H,2-3,5-6,8H2,1H3. The normalized spacial score (nSPS) is 20.9. The third kappa shape index (κ3) is 2.23. The minimum Gasteiger partial charge on any atom is -0.335 e. The van der Waals surface area contributed by atoms with Crippen molar-refractivity contribution in [3.05, 3.63) is 22.4 Å². The van der Waals surface area contributed by atoms with Crippen molar-refractivity contribution in [1.82, 2.24) is 4.90 Å². The lowest BCUT2D eigenvalue weighted by molar-refractivity contribution is -0.132. The average molecular weight is 223 g/mol. The Kier molecular flexibility index (Phi) is 3.41. The van der Waals surface area contributed by atoms with Crippen LogP contribution in [-0.2, 0) is 4.79 Å². The van der Waals surface area contributed by atoms with Crippen molar-refractivity contribution >= 4 is 17.2 Å². The van der Waals surface area contributed by atoms with Gasteiger partial charge in [0.15, 0.2) is 0 Å². The fourth-order valence-corrected chi connectivity index (χ4v) is 3.07. The van der Waals surface area contributed by atoms with Gasteiger partial charge in [-0.1, -0.05) is 13.0 Å². The molecule has 1 aliphatic heterocycles. The Bertz CT molecular complexity index is 320. The van der Waals surface area contributed by atoms with Gasteiger partial charge in [-0.3, -0.25) is 4.79 Å². The maximum absolute atomic E-state index is 11.9. The fourth-order valence-electron chi connectivity index (χ4n) is 2.20. The summed E-state index contributed by atoms with van der Waals surface area (Å²) in [4.78, 5) is 15.3. The Labute approximate surface area is 94.9 Å². The van der Waals surface area contributed by atoms with E-state index in [1.54, 1.807) is 11.3 Å². The summed E-state index contributed by atoms with van der Waals surface area (Å²) in [5, 5.41) is 2.09. The third-order valence-corrected chi connectivity index (χ3v) is 3.88. The monoisotopic (exact) mass is 223 g/mol. The summed E-state index contributed by atoms with van der Waals surface area (Å²) in [6, 6.07) is 4.58. The van der Waals surface area contributed by atoms with Crippen LogP contribution in [0, 0.1) is 0 Å². The number of thiophene rings is 1. The molecular formula is C12H17NOS. The maximum atomic E-state index is 11.9. The first-order valence-electron chi connectivity index (χ1n) is 5.65. The van der Waals surface area contributed by atoms with Crippen LogP contribution in [0.5, 0.6) is 0 Å². The van der Waals surface area contributed by atoms with Crippen LogP contribution in [0.1, 0.15) is 43.5 Å². The SMILES string of the molecule is CCCC(=O)N1CCCC1c1cccs1. The van der Waals surface area contributed by atoms with Gasteiger partial charge < -0.3 is 4.90 Å². The molecule has 1 aliphatic rings. The maximum Gasteiger partial charge on any atom is 0.223 e. The molecule has 0 bridgehead atoms. The van der Waals surface area contributed by atoms with Gasteiger partial charge in [-0.15, -0.1) is 11.3 Å². The second-order valence-corrected chi connectivity index (χ2v) is 4.99. The summed E-state index contributed by atoms with van der Waals surface area (Å²) in [6.07, 6.45) is 3.93. The zero-order valence-electron chi connectivity index (χ0n) is 9.11. The summed E-state index contributed by atoms with van der Waals surface area (Å²) in [6.45, 7) is 3.01. The molecule has 1 aromatic rings. The van der Waals surface area contributed by atoms with Crippen molar-refractivity contribution in [2.45, 2.75) is 38.6 Å². The molecule has 0 spiro atoms. The molecule has 1 atom stereocenters. The fraction of sp³-hybridized carbons (Fsp3) is 0.583. The molecule has 1 aromatic heterocycles. The highest BCUT2D eigenvalue weighted by Gasteiger charge is 2.29. The summed E-state index contributed by atoms with van der Waals surface area (Å²) >= 11 is 1.77. The molecule has 1 saturated heterocycles. The van der Waals surface area contributed by atoms with Crippen molar-refractivity contribution in [2.75, 3.05) is 6.54 Å². The van der Waals surface area contributed by atoms with Crippen molar-refractivity contribution < 1.29 is 4.79 Å². The Morgan fingerprint density at radius 3 is 3.20 bits per heavy atom. The average Bonchev–Trinajstić information content (AvgIpc) is 2.88. The van der Waals surface area contributed by atoms with E-state index in [0.717, 1.165) is 25.8 Å². The van der Waals surface area contributed by atoms with Gasteiger partial charge in [-0.05, 0) is 30.7 Å². The number of amides is 1. The van der Waals surface area contributed by atoms with Gasteiger partial charge in [0, 0.05) is 17.8 Å². The lowest BCUT2D eigenvalue weighted by Gasteiger charge is -2.23. The predicted molar refractivity (Wildman–Crippen MR) is 62.9 cm³/mol. The van der Waals surface area contributed by atoms with Gasteiger partial charge in [0.25, 0.3) is 0 Å². The van der Waals surface area contributed by atoms with Crippen molar-refractivity contribution in [2.24, 2.45) is 0 Å². The molecule has 3 heteroatoms. The largest absolute Gasteiger partial charge is 0.335 e. The smallest absolute Gasteiger partial charge is 0.223 e. The van der Waals surface area contributed by atoms with Crippen LogP contribution in [0.2, 0.25) is 0 Å². The van der Waals surface area contributed by atoms with E-state index in [2.05, 4.69) is 29.3 Å². The van der Waals surface area contributed by atoms with Crippen molar-refractivity contribution in [1.29, 1.82) is 0 Å². The number of hydrogen-bond donors (Lipinski definition) is 0. The molecule has 0 saturated carbocycles. The molecule has 0 N–H and O–H groups in total. The highest BCUT2D eigenvalue weighted by atomic mass is 32.1. The van der Waals surface area contributed by atoms with E-state index in [9.17, 15) is 4.79 Å². The van der Waals surface area contributed by atoms with E-state index in [1.165, 1.54) is 4.88 Å². The number of carbonyl (C=O) groups excluding carboxylic acids is 1. The Morgan fingerprint density at radius 2 is 2.53 bits per heavy atom. The van der Waals surface area contributed by atoms with Crippen LogP contribution in [0.25, 0.3) is 0 Å². The molecule has 0 aliphatic carbocycles. The highest BCUT2D eigenvalue weighted by Crippen LogP contribution is 2.34. The van der Waals surface area contributed by atoms with Crippen LogP contribution in [0.15, 0.2) is 17.5 Å². The van der Waals surface area contributed by atoms with E-state index in [-0.39, 0.29) is 0 Å². The van der Waals surface area contributed by atoms with Gasteiger partial charge in [0.2, 0.25) is 5.91 Å². The molecule has 1 unspecified atom stereocenters. The van der Waals surface area contributed by atoms with Crippen LogP contribution >= 0.6 is 11.3 Å². The molecule has 2 nitrogen and oxygen atoms in total. The quantitative estimate of drug-likeness (QED) is 0.770. The van der Waals surface area contributed by atoms with Crippen LogP contribution in [0.4, 0.5) is 0 Å². The number of nitrogens with zero attached hydrogens (tertiary/aromatic N) is 1. The number of carbonyl (C=O) groups is 1. The van der Waals surface area contributed by atoms with Crippen molar-refractivity contribution in [3.8, 4) is 0 Å². The molecule has 82 valence electrons. The second kappa shape index (κ2) is 4.79. The first-order valence-corrected chi connectivity index (χ1v) is 6.53. The second-order valence-electron chi connectivity index (χ2n) is 4.01. The molecule has 2 rings (SSSR count). The van der Waals surface area contributed by atoms with Gasteiger partial charge in [0.1, 0.15) is 0 Å². The Hall–Kier alpha value is -0.830. The van der Waals surface area contributed by atoms with Gasteiger partial charge in [0.05, 0.1) is 6.04 Å². The number of hydrogen-bond acceptors (Lipinski definition) is 2. The third-order valence-electron chi connectivity index (χ3n) is 2.91. The number of rotatable bonds is 3. The van der Waals surface area contributed by atoms with Crippen molar-refractivity contribution in [3.63, 3.8) is 0 Å². The van der Waals surface area contributed by atoms with Crippen LogP contribution in [-0.4, -0.2) is 17.4 Å². The lowest BCUT2D eigenvalue weighted by atomic mass is 10.2. The summed E-state index contributed by atoms with van der Waals surface area (Å²) in [5.74, 6) is 0.327. The molecule has 1 amide bonds. The van der Waals surface area contributed by atoms with Gasteiger partial charge in [-0.25, -0.2) is 0 Å². The first-order chi connectivity index (χ1) is 7.33. The van der Waals surface area contributed by atoms with E-state index in [4.69, 9.17) is 0 Å². The van der Waals surface area contributed by atoms with E-state index >= 15 is 0 Å². The molecular weight excluding hydrogens is 206 g/mol. The van der Waals surface area contributed by atoms with Gasteiger partial charge in [-0.2, -0.15) is 0 Å². The topological polar surface area (TPSA) is 20.3 Å². The van der Waals surface area contributed by atoms with Gasteiger partial charge >= 0.3 is 0 Å². The molecule has 0 aromatic carbocycles. The van der Waals surface area contributed by atoms with E-state index in [0.29, 0.717) is 18.4 Å². The van der Waals surface area contributed by atoms with Crippen LogP contribution in [0.3, 0.4) is 0 Å². The predicted octanol–water partition coefficient (Wildman–Crippen LogP) is 3.21. The minimum absolute atomic E-state index is 0.327. The van der Waals surface area contributed by atoms with E-state index < -0.39 is 0 Å². The summed E-state index contributed by atoms with van der Waals surface area (Å²) in [5.41, 5.74) is 0. The number of likely N-dealkylation sites (tertiary alicyclic amines) is 1. The zero-order chi connectivity index (χ0) is 10.7. The Balaban J connectivity index is 2.08. The molecule has 2 heterocycles. The Morgan fingerprint density at radius 1 is 1.67 bits per heavy atom. The molecule has 1 fully saturated rings. The lowest BCUT2D eigenvalue weighted by Crippen LogP contribution is -2.29. The molecule has 0 radical (unpaired) electrons. The first kappa shape index (κ1) is 10.7. The highest BCUT2D eigenvalue weighted by molar-refractivity contribution is 7.10. The molecule has 15 heavy (non-hydrogen) atoms.